The number of ether oxygens (including phenoxy) is 1. The molecule has 1 fully saturated rings. The predicted molar refractivity (Wildman–Crippen MR) is 58.7 cm³/mol. The Morgan fingerprint density at radius 1 is 1.50 bits per heavy atom. The van der Waals surface area contributed by atoms with Gasteiger partial charge in [-0.05, 0) is 19.3 Å². The summed E-state index contributed by atoms with van der Waals surface area (Å²) >= 11 is 0. The van der Waals surface area contributed by atoms with E-state index in [0.29, 0.717) is 11.7 Å². The highest BCUT2D eigenvalue weighted by Gasteiger charge is 2.37. The molecule has 1 aliphatic carbocycles. The Balaban J connectivity index is 2.18. The fourth-order valence-corrected chi connectivity index (χ4v) is 2.24. The maximum atomic E-state index is 6.24. The van der Waals surface area contributed by atoms with Crippen molar-refractivity contribution in [3.63, 3.8) is 0 Å². The lowest BCUT2D eigenvalue weighted by Gasteiger charge is -2.17. The molecule has 2 N–H and O–H groups in total. The lowest BCUT2D eigenvalue weighted by atomic mass is 9.99. The molecule has 0 radical (unpaired) electrons. The van der Waals surface area contributed by atoms with Crippen LogP contribution in [0.25, 0.3) is 0 Å². The zero-order valence-electron chi connectivity index (χ0n) is 9.90. The molecule has 0 amide bonds. The van der Waals surface area contributed by atoms with Crippen molar-refractivity contribution in [2.24, 2.45) is 5.73 Å². The second-order valence-electron chi connectivity index (χ2n) is 4.45. The third-order valence-electron chi connectivity index (χ3n) is 3.31. The maximum Gasteiger partial charge on any atom is 0.246 e. The summed E-state index contributed by atoms with van der Waals surface area (Å²) in [4.78, 5) is 4.38. The van der Waals surface area contributed by atoms with E-state index in [1.54, 1.807) is 7.11 Å². The van der Waals surface area contributed by atoms with E-state index < -0.39 is 5.54 Å². The van der Waals surface area contributed by atoms with Crippen LogP contribution in [-0.4, -0.2) is 17.3 Å². The van der Waals surface area contributed by atoms with Crippen LogP contribution in [0.15, 0.2) is 4.52 Å². The summed E-state index contributed by atoms with van der Waals surface area (Å²) in [6.07, 6.45) is 4.86. The molecule has 1 aromatic heterocycles. The Morgan fingerprint density at radius 3 is 2.75 bits per heavy atom. The minimum Gasteiger partial charge on any atom is -0.373 e. The molecule has 1 unspecified atom stereocenters. The van der Waals surface area contributed by atoms with Crippen molar-refractivity contribution in [2.45, 2.75) is 50.7 Å². The molecule has 5 nitrogen and oxygen atoms in total. The number of rotatable bonds is 4. The highest BCUT2D eigenvalue weighted by atomic mass is 16.5. The first-order chi connectivity index (χ1) is 7.69. The monoisotopic (exact) mass is 225 g/mol. The van der Waals surface area contributed by atoms with E-state index in [-0.39, 0.29) is 6.10 Å². The molecule has 1 heterocycles. The summed E-state index contributed by atoms with van der Waals surface area (Å²) in [7, 11) is 1.65. The normalized spacial score (nSPS) is 21.2. The fraction of sp³-hybridized carbons (Fsp3) is 0.818. The summed E-state index contributed by atoms with van der Waals surface area (Å²) in [5, 5.41) is 3.96. The van der Waals surface area contributed by atoms with Gasteiger partial charge in [-0.1, -0.05) is 24.9 Å². The van der Waals surface area contributed by atoms with Crippen molar-refractivity contribution in [3.05, 3.63) is 11.7 Å². The van der Waals surface area contributed by atoms with Gasteiger partial charge in [-0.2, -0.15) is 4.98 Å². The zero-order valence-corrected chi connectivity index (χ0v) is 9.90. The standard InChI is InChI=1S/C11H19N3O2/c1-3-8(15-2)9-13-10(16-14-9)11(12)6-4-5-7-11/h8H,3-7,12H2,1-2H3. The molecule has 0 bridgehead atoms. The van der Waals surface area contributed by atoms with Gasteiger partial charge in [0.05, 0.1) is 5.54 Å². The van der Waals surface area contributed by atoms with Crippen LogP contribution in [0.3, 0.4) is 0 Å². The minimum atomic E-state index is -0.405. The van der Waals surface area contributed by atoms with Gasteiger partial charge in [-0.15, -0.1) is 0 Å². The molecule has 1 aromatic rings. The first-order valence-corrected chi connectivity index (χ1v) is 5.85. The average molecular weight is 225 g/mol. The van der Waals surface area contributed by atoms with Crippen LogP contribution < -0.4 is 5.73 Å². The Kier molecular flexibility index (Phi) is 3.25. The average Bonchev–Trinajstić information content (AvgIpc) is 2.90. The minimum absolute atomic E-state index is 0.0949. The summed E-state index contributed by atoms with van der Waals surface area (Å²) < 4.78 is 10.5. The van der Waals surface area contributed by atoms with Crippen molar-refractivity contribution in [3.8, 4) is 0 Å². The smallest absolute Gasteiger partial charge is 0.246 e. The first-order valence-electron chi connectivity index (χ1n) is 5.85. The molecule has 1 atom stereocenters. The second-order valence-corrected chi connectivity index (χ2v) is 4.45. The van der Waals surface area contributed by atoms with Gasteiger partial charge in [-0.25, -0.2) is 0 Å². The largest absolute Gasteiger partial charge is 0.373 e. The van der Waals surface area contributed by atoms with Gasteiger partial charge < -0.3 is 15.0 Å². The highest BCUT2D eigenvalue weighted by molar-refractivity contribution is 5.05. The van der Waals surface area contributed by atoms with Crippen molar-refractivity contribution in [2.75, 3.05) is 7.11 Å². The molecule has 0 spiro atoms. The van der Waals surface area contributed by atoms with E-state index in [0.717, 1.165) is 32.1 Å². The van der Waals surface area contributed by atoms with E-state index in [2.05, 4.69) is 10.1 Å². The van der Waals surface area contributed by atoms with Gasteiger partial charge in [0.25, 0.3) is 0 Å². The molecule has 0 aliphatic heterocycles. The van der Waals surface area contributed by atoms with Crippen LogP contribution in [0, 0.1) is 0 Å². The molecule has 16 heavy (non-hydrogen) atoms. The summed E-state index contributed by atoms with van der Waals surface area (Å²) in [6, 6.07) is 0. The Labute approximate surface area is 95.3 Å². The SMILES string of the molecule is CCC(OC)c1noc(C2(N)CCCC2)n1. The highest BCUT2D eigenvalue weighted by Crippen LogP contribution is 2.35. The van der Waals surface area contributed by atoms with Crippen LogP contribution in [-0.2, 0) is 10.3 Å². The van der Waals surface area contributed by atoms with E-state index >= 15 is 0 Å². The Morgan fingerprint density at radius 2 is 2.19 bits per heavy atom. The number of nitrogens with two attached hydrogens (primary N) is 1. The number of nitrogens with zero attached hydrogens (tertiary/aromatic N) is 2. The van der Waals surface area contributed by atoms with E-state index in [1.807, 2.05) is 6.92 Å². The zero-order chi connectivity index (χ0) is 11.6. The molecule has 90 valence electrons. The van der Waals surface area contributed by atoms with Gasteiger partial charge in [0.1, 0.15) is 6.10 Å². The van der Waals surface area contributed by atoms with Gasteiger partial charge in [-0.3, -0.25) is 0 Å². The van der Waals surface area contributed by atoms with Gasteiger partial charge in [0.15, 0.2) is 0 Å². The van der Waals surface area contributed by atoms with Crippen LogP contribution in [0.2, 0.25) is 0 Å². The van der Waals surface area contributed by atoms with Crippen molar-refractivity contribution in [1.29, 1.82) is 0 Å². The van der Waals surface area contributed by atoms with E-state index in [9.17, 15) is 0 Å². The van der Waals surface area contributed by atoms with Crippen LogP contribution in [0.1, 0.15) is 56.8 Å². The van der Waals surface area contributed by atoms with Gasteiger partial charge >= 0.3 is 0 Å². The van der Waals surface area contributed by atoms with Gasteiger partial charge in [0.2, 0.25) is 11.7 Å². The predicted octanol–water partition coefficient (Wildman–Crippen LogP) is 1.90. The molecule has 0 aromatic carbocycles. The first kappa shape index (κ1) is 11.5. The molecule has 2 rings (SSSR count). The second kappa shape index (κ2) is 4.51. The van der Waals surface area contributed by atoms with E-state index in [1.165, 1.54) is 0 Å². The summed E-state index contributed by atoms with van der Waals surface area (Å²) in [6.45, 7) is 2.03. The Hall–Kier alpha value is -0.940. The Bertz CT molecular complexity index is 341. The number of hydrogen-bond donors (Lipinski definition) is 1. The molecule has 0 saturated heterocycles. The number of methoxy groups -OCH3 is 1. The maximum absolute atomic E-state index is 6.24. The molecule has 1 aliphatic rings. The molecule has 5 heteroatoms. The summed E-state index contributed by atoms with van der Waals surface area (Å²) in [5.74, 6) is 1.17. The quantitative estimate of drug-likeness (QED) is 0.847. The fourth-order valence-electron chi connectivity index (χ4n) is 2.24. The lowest BCUT2D eigenvalue weighted by Crippen LogP contribution is -2.33. The number of aromatic nitrogens is 2. The van der Waals surface area contributed by atoms with Gasteiger partial charge in [0, 0.05) is 7.11 Å². The third kappa shape index (κ3) is 1.97. The van der Waals surface area contributed by atoms with Crippen LogP contribution in [0.5, 0.6) is 0 Å². The topological polar surface area (TPSA) is 74.2 Å². The molecular formula is C11H19N3O2. The summed E-state index contributed by atoms with van der Waals surface area (Å²) in [5.41, 5.74) is 5.83. The van der Waals surface area contributed by atoms with Crippen molar-refractivity contribution < 1.29 is 9.26 Å². The van der Waals surface area contributed by atoms with Crippen LogP contribution in [0.4, 0.5) is 0 Å². The third-order valence-corrected chi connectivity index (χ3v) is 3.31. The lowest BCUT2D eigenvalue weighted by molar-refractivity contribution is 0.0903. The number of hydrogen-bond acceptors (Lipinski definition) is 5. The van der Waals surface area contributed by atoms with Crippen molar-refractivity contribution in [1.82, 2.24) is 10.1 Å². The van der Waals surface area contributed by atoms with Crippen LogP contribution >= 0.6 is 0 Å². The van der Waals surface area contributed by atoms with Crippen molar-refractivity contribution >= 4 is 0 Å². The van der Waals surface area contributed by atoms with E-state index in [4.69, 9.17) is 15.0 Å². The molecular weight excluding hydrogens is 206 g/mol. The molecule has 1 saturated carbocycles.